The molecule has 0 aliphatic heterocycles. The van der Waals surface area contributed by atoms with Gasteiger partial charge < -0.3 is 0 Å². The van der Waals surface area contributed by atoms with Crippen LogP contribution in [-0.4, -0.2) is 6.29 Å². The molecule has 0 aliphatic carbocycles. The third kappa shape index (κ3) is 2.03. The molecule has 0 fully saturated rings. The van der Waals surface area contributed by atoms with Gasteiger partial charge in [0.05, 0.1) is 0 Å². The Morgan fingerprint density at radius 3 is 2.38 bits per heavy atom. The zero-order chi connectivity index (χ0) is 11.5. The van der Waals surface area contributed by atoms with Gasteiger partial charge in [-0.25, -0.2) is 0 Å². The van der Waals surface area contributed by atoms with E-state index in [4.69, 9.17) is 0 Å². The fourth-order valence-electron chi connectivity index (χ4n) is 1.84. The Labute approximate surface area is 95.7 Å². The molecule has 0 spiro atoms. The summed E-state index contributed by atoms with van der Waals surface area (Å²) >= 11 is 0. The maximum Gasteiger partial charge on any atom is 0.150 e. The van der Waals surface area contributed by atoms with Crippen molar-refractivity contribution in [2.24, 2.45) is 0 Å². The van der Waals surface area contributed by atoms with Crippen molar-refractivity contribution in [3.05, 3.63) is 59.2 Å². The molecule has 0 aromatic heterocycles. The van der Waals surface area contributed by atoms with Crippen LogP contribution in [0.25, 0.3) is 11.1 Å². The normalized spacial score (nSPS) is 10.1. The first-order valence-corrected chi connectivity index (χ1v) is 5.33. The van der Waals surface area contributed by atoms with Gasteiger partial charge in [-0.1, -0.05) is 53.6 Å². The van der Waals surface area contributed by atoms with Gasteiger partial charge in [-0.05, 0) is 25.0 Å². The number of hydrogen-bond donors (Lipinski definition) is 0. The zero-order valence-corrected chi connectivity index (χ0v) is 9.53. The Balaban J connectivity index is 2.62. The summed E-state index contributed by atoms with van der Waals surface area (Å²) in [4.78, 5) is 11.0. The second-order valence-corrected chi connectivity index (χ2v) is 4.08. The first-order valence-electron chi connectivity index (χ1n) is 5.33. The lowest BCUT2D eigenvalue weighted by atomic mass is 9.97. The van der Waals surface area contributed by atoms with Crippen molar-refractivity contribution in [1.82, 2.24) is 0 Å². The van der Waals surface area contributed by atoms with Gasteiger partial charge in [-0.3, -0.25) is 4.79 Å². The van der Waals surface area contributed by atoms with E-state index in [0.29, 0.717) is 0 Å². The van der Waals surface area contributed by atoms with Gasteiger partial charge in [0.15, 0.2) is 6.29 Å². The summed E-state index contributed by atoms with van der Waals surface area (Å²) in [6.07, 6.45) is 0.914. The molecule has 2 aromatic rings. The Morgan fingerprint density at radius 1 is 0.938 bits per heavy atom. The number of benzene rings is 2. The Bertz CT molecular complexity index is 527. The minimum atomic E-state index is 0.746. The molecule has 0 heterocycles. The van der Waals surface area contributed by atoms with Crippen LogP contribution in [0.3, 0.4) is 0 Å². The summed E-state index contributed by atoms with van der Waals surface area (Å²) in [6, 6.07) is 14.1. The number of hydrogen-bond acceptors (Lipinski definition) is 1. The highest BCUT2D eigenvalue weighted by atomic mass is 16.1. The van der Waals surface area contributed by atoms with Gasteiger partial charge in [0.1, 0.15) is 0 Å². The number of rotatable bonds is 2. The molecule has 2 aromatic carbocycles. The summed E-state index contributed by atoms with van der Waals surface area (Å²) in [7, 11) is 0. The quantitative estimate of drug-likeness (QED) is 0.689. The average molecular weight is 210 g/mol. The van der Waals surface area contributed by atoms with Crippen LogP contribution in [0, 0.1) is 13.8 Å². The highest BCUT2D eigenvalue weighted by molar-refractivity contribution is 5.87. The van der Waals surface area contributed by atoms with Crippen molar-refractivity contribution in [1.29, 1.82) is 0 Å². The molecular weight excluding hydrogens is 196 g/mol. The molecule has 0 N–H and O–H groups in total. The summed E-state index contributed by atoms with van der Waals surface area (Å²) in [5.41, 5.74) is 5.23. The van der Waals surface area contributed by atoms with Crippen molar-refractivity contribution in [2.75, 3.05) is 0 Å². The Kier molecular flexibility index (Phi) is 2.86. The molecule has 0 atom stereocenters. The van der Waals surface area contributed by atoms with E-state index in [9.17, 15) is 4.79 Å². The van der Waals surface area contributed by atoms with Crippen LogP contribution in [0.2, 0.25) is 0 Å². The van der Waals surface area contributed by atoms with Crippen LogP contribution in [0.1, 0.15) is 21.5 Å². The van der Waals surface area contributed by atoms with E-state index in [1.54, 1.807) is 0 Å². The van der Waals surface area contributed by atoms with Crippen LogP contribution in [0.15, 0.2) is 42.5 Å². The molecule has 0 bridgehead atoms. The molecule has 0 saturated heterocycles. The minimum Gasteiger partial charge on any atom is -0.298 e. The smallest absolute Gasteiger partial charge is 0.150 e. The maximum atomic E-state index is 11.0. The number of aryl methyl sites for hydroxylation is 2. The Morgan fingerprint density at radius 2 is 1.69 bits per heavy atom. The van der Waals surface area contributed by atoms with E-state index in [0.717, 1.165) is 23.0 Å². The Hall–Kier alpha value is -1.89. The maximum absolute atomic E-state index is 11.0. The highest BCUT2D eigenvalue weighted by Gasteiger charge is 2.04. The van der Waals surface area contributed by atoms with E-state index < -0.39 is 0 Å². The van der Waals surface area contributed by atoms with Crippen molar-refractivity contribution in [2.45, 2.75) is 13.8 Å². The van der Waals surface area contributed by atoms with Crippen molar-refractivity contribution < 1.29 is 4.79 Å². The van der Waals surface area contributed by atoms with Gasteiger partial charge in [-0.15, -0.1) is 0 Å². The lowest BCUT2D eigenvalue weighted by Crippen LogP contribution is -1.89. The summed E-state index contributed by atoms with van der Waals surface area (Å²) in [5, 5.41) is 0. The lowest BCUT2D eigenvalue weighted by Gasteiger charge is -2.07. The SMILES string of the molecule is Cc1cccc(-c2cc(C)ccc2C=O)c1. The van der Waals surface area contributed by atoms with Gasteiger partial charge in [0, 0.05) is 5.56 Å². The standard InChI is InChI=1S/C15H14O/c1-11-4-3-5-13(8-11)15-9-12(2)6-7-14(15)10-16/h3-10H,1-2H3. The fourth-order valence-corrected chi connectivity index (χ4v) is 1.84. The molecule has 0 radical (unpaired) electrons. The highest BCUT2D eigenvalue weighted by Crippen LogP contribution is 2.24. The molecule has 0 saturated carbocycles. The zero-order valence-electron chi connectivity index (χ0n) is 9.53. The van der Waals surface area contributed by atoms with E-state index in [1.165, 1.54) is 11.1 Å². The van der Waals surface area contributed by atoms with E-state index >= 15 is 0 Å². The largest absolute Gasteiger partial charge is 0.298 e. The minimum absolute atomic E-state index is 0.746. The third-order valence-corrected chi connectivity index (χ3v) is 2.66. The molecule has 0 amide bonds. The van der Waals surface area contributed by atoms with E-state index in [2.05, 4.69) is 25.1 Å². The topological polar surface area (TPSA) is 17.1 Å². The second-order valence-electron chi connectivity index (χ2n) is 4.08. The molecule has 16 heavy (non-hydrogen) atoms. The van der Waals surface area contributed by atoms with Gasteiger partial charge in [0.25, 0.3) is 0 Å². The predicted octanol–water partition coefficient (Wildman–Crippen LogP) is 3.78. The lowest BCUT2D eigenvalue weighted by molar-refractivity contribution is 0.112. The van der Waals surface area contributed by atoms with Crippen LogP contribution in [0.5, 0.6) is 0 Å². The molecule has 0 unspecified atom stereocenters. The van der Waals surface area contributed by atoms with Gasteiger partial charge in [-0.2, -0.15) is 0 Å². The molecular formula is C15H14O. The molecule has 1 heteroatoms. The van der Waals surface area contributed by atoms with Crippen molar-refractivity contribution in [3.63, 3.8) is 0 Å². The molecule has 1 nitrogen and oxygen atoms in total. The van der Waals surface area contributed by atoms with Crippen molar-refractivity contribution >= 4 is 6.29 Å². The number of aldehydes is 1. The molecule has 2 rings (SSSR count). The van der Waals surface area contributed by atoms with Crippen LogP contribution < -0.4 is 0 Å². The van der Waals surface area contributed by atoms with Crippen LogP contribution in [-0.2, 0) is 0 Å². The number of carbonyl (C=O) groups excluding carboxylic acids is 1. The van der Waals surface area contributed by atoms with Crippen LogP contribution in [0.4, 0.5) is 0 Å². The number of carbonyl (C=O) groups is 1. The van der Waals surface area contributed by atoms with E-state index in [-0.39, 0.29) is 0 Å². The summed E-state index contributed by atoms with van der Waals surface area (Å²) < 4.78 is 0. The van der Waals surface area contributed by atoms with E-state index in [1.807, 2.05) is 31.2 Å². The molecule has 80 valence electrons. The average Bonchev–Trinajstić information content (AvgIpc) is 2.29. The predicted molar refractivity (Wildman–Crippen MR) is 66.7 cm³/mol. The van der Waals surface area contributed by atoms with Crippen LogP contribution >= 0.6 is 0 Å². The van der Waals surface area contributed by atoms with Crippen molar-refractivity contribution in [3.8, 4) is 11.1 Å². The first kappa shape index (κ1) is 10.6. The monoisotopic (exact) mass is 210 g/mol. The molecule has 0 aliphatic rings. The van der Waals surface area contributed by atoms with Gasteiger partial charge in [0.2, 0.25) is 0 Å². The van der Waals surface area contributed by atoms with Gasteiger partial charge >= 0.3 is 0 Å². The third-order valence-electron chi connectivity index (χ3n) is 2.66. The summed E-state index contributed by atoms with van der Waals surface area (Å²) in [6.45, 7) is 4.09. The fraction of sp³-hybridized carbons (Fsp3) is 0.133. The second kappa shape index (κ2) is 4.31. The first-order chi connectivity index (χ1) is 7.70. The summed E-state index contributed by atoms with van der Waals surface area (Å²) in [5.74, 6) is 0.